The number of rotatable bonds is 18. The second-order valence-corrected chi connectivity index (χ2v) is 7.34. The minimum atomic E-state index is 0.0106. The van der Waals surface area contributed by atoms with Gasteiger partial charge in [0.2, 0.25) is 0 Å². The van der Waals surface area contributed by atoms with Crippen molar-refractivity contribution in [2.24, 2.45) is 5.92 Å². The van der Waals surface area contributed by atoms with E-state index in [-0.39, 0.29) is 5.97 Å². The van der Waals surface area contributed by atoms with Gasteiger partial charge in [-0.3, -0.25) is 4.79 Å². The molecule has 0 aliphatic rings. The van der Waals surface area contributed by atoms with Crippen LogP contribution in [0.5, 0.6) is 0 Å². The fourth-order valence-corrected chi connectivity index (χ4v) is 3.41. The molecule has 0 aromatic carbocycles. The van der Waals surface area contributed by atoms with Crippen LogP contribution in [0.25, 0.3) is 0 Å². The molecular weight excluding hydrogens is 296 g/mol. The summed E-state index contributed by atoms with van der Waals surface area (Å²) in [7, 11) is 0. The van der Waals surface area contributed by atoms with Crippen molar-refractivity contribution in [1.29, 1.82) is 0 Å². The number of ether oxygens (including phenoxy) is 1. The van der Waals surface area contributed by atoms with E-state index >= 15 is 0 Å². The SMILES string of the molecule is CCCCCCCCCC(CCCCCCCC)CC(=O)OCC. The quantitative estimate of drug-likeness (QED) is 0.191. The Morgan fingerprint density at radius 1 is 0.667 bits per heavy atom. The lowest BCUT2D eigenvalue weighted by Gasteiger charge is -2.16. The van der Waals surface area contributed by atoms with Crippen molar-refractivity contribution < 1.29 is 9.53 Å². The minimum absolute atomic E-state index is 0.0106. The van der Waals surface area contributed by atoms with Crippen molar-refractivity contribution in [1.82, 2.24) is 0 Å². The van der Waals surface area contributed by atoms with Crippen molar-refractivity contribution in [2.45, 2.75) is 124 Å². The van der Waals surface area contributed by atoms with Crippen molar-refractivity contribution >= 4 is 5.97 Å². The van der Waals surface area contributed by atoms with E-state index in [4.69, 9.17) is 4.74 Å². The van der Waals surface area contributed by atoms with Gasteiger partial charge in [0, 0.05) is 6.42 Å². The highest BCUT2D eigenvalue weighted by Crippen LogP contribution is 2.22. The Labute approximate surface area is 152 Å². The molecule has 144 valence electrons. The topological polar surface area (TPSA) is 26.3 Å². The first kappa shape index (κ1) is 23.5. The standard InChI is InChI=1S/C22H44O2/c1-4-7-9-11-13-15-17-19-21(20-22(23)24-6-3)18-16-14-12-10-8-5-2/h21H,4-20H2,1-3H3. The van der Waals surface area contributed by atoms with E-state index in [1.165, 1.54) is 96.3 Å². The molecule has 0 heterocycles. The van der Waals surface area contributed by atoms with Crippen LogP contribution in [0, 0.1) is 5.92 Å². The lowest BCUT2D eigenvalue weighted by atomic mass is 9.91. The van der Waals surface area contributed by atoms with Crippen molar-refractivity contribution in [3.8, 4) is 0 Å². The Hall–Kier alpha value is -0.530. The maximum absolute atomic E-state index is 11.8. The van der Waals surface area contributed by atoms with E-state index in [2.05, 4.69) is 13.8 Å². The lowest BCUT2D eigenvalue weighted by molar-refractivity contribution is -0.144. The summed E-state index contributed by atoms with van der Waals surface area (Å²) < 4.78 is 5.16. The largest absolute Gasteiger partial charge is 0.466 e. The summed E-state index contributed by atoms with van der Waals surface area (Å²) in [5.74, 6) is 0.558. The molecule has 0 N–H and O–H groups in total. The molecular formula is C22H44O2. The smallest absolute Gasteiger partial charge is 0.306 e. The first-order valence-electron chi connectivity index (χ1n) is 10.9. The molecule has 0 aliphatic heterocycles. The summed E-state index contributed by atoms with van der Waals surface area (Å²) in [5, 5.41) is 0. The van der Waals surface area contributed by atoms with E-state index in [0.717, 1.165) is 0 Å². The van der Waals surface area contributed by atoms with Gasteiger partial charge in [-0.15, -0.1) is 0 Å². The average molecular weight is 341 g/mol. The van der Waals surface area contributed by atoms with E-state index in [0.29, 0.717) is 18.9 Å². The van der Waals surface area contributed by atoms with Crippen LogP contribution in [0.2, 0.25) is 0 Å². The van der Waals surface area contributed by atoms with Gasteiger partial charge < -0.3 is 4.74 Å². The Morgan fingerprint density at radius 2 is 1.08 bits per heavy atom. The molecule has 0 aromatic heterocycles. The first-order valence-corrected chi connectivity index (χ1v) is 10.9. The van der Waals surface area contributed by atoms with Crippen LogP contribution in [0.15, 0.2) is 0 Å². The van der Waals surface area contributed by atoms with E-state index in [9.17, 15) is 4.79 Å². The number of carbonyl (C=O) groups is 1. The van der Waals surface area contributed by atoms with Crippen LogP contribution in [0.4, 0.5) is 0 Å². The fourth-order valence-electron chi connectivity index (χ4n) is 3.41. The Kier molecular flexibility index (Phi) is 18.4. The van der Waals surface area contributed by atoms with Gasteiger partial charge in [-0.1, -0.05) is 97.3 Å². The Bertz CT molecular complexity index is 263. The summed E-state index contributed by atoms with van der Waals surface area (Å²) in [6, 6.07) is 0. The van der Waals surface area contributed by atoms with Gasteiger partial charge in [0.1, 0.15) is 0 Å². The zero-order valence-electron chi connectivity index (χ0n) is 16.9. The predicted molar refractivity (Wildman–Crippen MR) is 105 cm³/mol. The molecule has 2 nitrogen and oxygen atoms in total. The highest BCUT2D eigenvalue weighted by atomic mass is 16.5. The fraction of sp³-hybridized carbons (Fsp3) is 0.955. The van der Waals surface area contributed by atoms with Gasteiger partial charge >= 0.3 is 5.97 Å². The maximum Gasteiger partial charge on any atom is 0.306 e. The van der Waals surface area contributed by atoms with Gasteiger partial charge in [0.25, 0.3) is 0 Å². The average Bonchev–Trinajstić information content (AvgIpc) is 2.57. The molecule has 1 atom stereocenters. The van der Waals surface area contributed by atoms with Crippen LogP contribution in [0.3, 0.4) is 0 Å². The van der Waals surface area contributed by atoms with Crippen LogP contribution >= 0.6 is 0 Å². The predicted octanol–water partition coefficient (Wildman–Crippen LogP) is 7.45. The molecule has 0 rings (SSSR count). The number of hydrogen-bond donors (Lipinski definition) is 0. The summed E-state index contributed by atoms with van der Waals surface area (Å²) in [6.07, 6.45) is 20.5. The Balaban J connectivity index is 3.85. The monoisotopic (exact) mass is 340 g/mol. The van der Waals surface area contributed by atoms with E-state index < -0.39 is 0 Å². The highest BCUT2D eigenvalue weighted by Gasteiger charge is 2.14. The van der Waals surface area contributed by atoms with E-state index in [1.807, 2.05) is 6.92 Å². The third-order valence-corrected chi connectivity index (χ3v) is 4.94. The van der Waals surface area contributed by atoms with Crippen molar-refractivity contribution in [3.05, 3.63) is 0 Å². The molecule has 1 unspecified atom stereocenters. The summed E-state index contributed by atoms with van der Waals surface area (Å²) in [5.41, 5.74) is 0. The number of carbonyl (C=O) groups excluding carboxylic acids is 1. The molecule has 0 saturated carbocycles. The zero-order valence-corrected chi connectivity index (χ0v) is 16.9. The first-order chi connectivity index (χ1) is 11.7. The third kappa shape index (κ3) is 16.3. The maximum atomic E-state index is 11.8. The summed E-state index contributed by atoms with van der Waals surface area (Å²) in [4.78, 5) is 11.8. The van der Waals surface area contributed by atoms with Crippen LogP contribution in [-0.2, 0) is 9.53 Å². The second-order valence-electron chi connectivity index (χ2n) is 7.34. The summed E-state index contributed by atoms with van der Waals surface area (Å²) >= 11 is 0. The van der Waals surface area contributed by atoms with Gasteiger partial charge in [-0.2, -0.15) is 0 Å². The number of unbranched alkanes of at least 4 members (excludes halogenated alkanes) is 11. The normalized spacial score (nSPS) is 12.3. The van der Waals surface area contributed by atoms with Gasteiger partial charge in [0.15, 0.2) is 0 Å². The van der Waals surface area contributed by atoms with Crippen molar-refractivity contribution in [3.63, 3.8) is 0 Å². The Morgan fingerprint density at radius 3 is 1.50 bits per heavy atom. The summed E-state index contributed by atoms with van der Waals surface area (Å²) in [6.45, 7) is 6.94. The van der Waals surface area contributed by atoms with Gasteiger partial charge in [0.05, 0.1) is 6.61 Å². The number of hydrogen-bond acceptors (Lipinski definition) is 2. The zero-order chi connectivity index (χ0) is 17.9. The molecule has 0 amide bonds. The molecule has 0 saturated heterocycles. The molecule has 0 bridgehead atoms. The molecule has 24 heavy (non-hydrogen) atoms. The van der Waals surface area contributed by atoms with Gasteiger partial charge in [-0.25, -0.2) is 0 Å². The number of esters is 1. The van der Waals surface area contributed by atoms with Gasteiger partial charge in [-0.05, 0) is 25.7 Å². The molecule has 0 aliphatic carbocycles. The molecule has 0 spiro atoms. The molecule has 0 radical (unpaired) electrons. The molecule has 0 fully saturated rings. The van der Waals surface area contributed by atoms with Crippen molar-refractivity contribution in [2.75, 3.05) is 6.61 Å². The minimum Gasteiger partial charge on any atom is -0.466 e. The van der Waals surface area contributed by atoms with Crippen LogP contribution in [0.1, 0.15) is 124 Å². The lowest BCUT2D eigenvalue weighted by Crippen LogP contribution is -2.12. The highest BCUT2D eigenvalue weighted by molar-refractivity contribution is 5.69. The van der Waals surface area contributed by atoms with E-state index in [1.54, 1.807) is 0 Å². The second kappa shape index (κ2) is 18.8. The van der Waals surface area contributed by atoms with Crippen LogP contribution < -0.4 is 0 Å². The molecule has 0 aromatic rings. The molecule has 2 heteroatoms. The van der Waals surface area contributed by atoms with Crippen LogP contribution in [-0.4, -0.2) is 12.6 Å². The third-order valence-electron chi connectivity index (χ3n) is 4.94.